The fraction of sp³-hybridized carbons (Fsp3) is 0.182. The standard InChI is InChI=1S/C11H10F3NO/c12-11(13,14)9-7-8(3-1-2-6-16)4-5-10(9)15/h1,3-7H,2,15H2. The maximum Gasteiger partial charge on any atom is 0.418 e. The van der Waals surface area contributed by atoms with E-state index in [0.717, 1.165) is 6.07 Å². The van der Waals surface area contributed by atoms with Crippen molar-refractivity contribution in [2.45, 2.75) is 12.6 Å². The van der Waals surface area contributed by atoms with Crippen LogP contribution in [0.3, 0.4) is 0 Å². The quantitative estimate of drug-likeness (QED) is 0.639. The molecule has 1 aromatic rings. The summed E-state index contributed by atoms with van der Waals surface area (Å²) in [4.78, 5) is 10.0. The Morgan fingerprint density at radius 1 is 1.31 bits per heavy atom. The van der Waals surface area contributed by atoms with Gasteiger partial charge in [-0.25, -0.2) is 0 Å². The van der Waals surface area contributed by atoms with Crippen LogP contribution < -0.4 is 5.73 Å². The van der Waals surface area contributed by atoms with Crippen LogP contribution in [0.25, 0.3) is 6.08 Å². The smallest absolute Gasteiger partial charge is 0.398 e. The van der Waals surface area contributed by atoms with Gasteiger partial charge in [0, 0.05) is 12.1 Å². The highest BCUT2D eigenvalue weighted by molar-refractivity contribution is 5.61. The number of carbonyl (C=O) groups excluding carboxylic acids is 1. The second-order valence-corrected chi connectivity index (χ2v) is 3.15. The zero-order valence-electron chi connectivity index (χ0n) is 8.29. The molecule has 1 rings (SSSR count). The first-order valence-corrected chi connectivity index (χ1v) is 4.52. The molecule has 0 radical (unpaired) electrons. The predicted octanol–water partition coefficient (Wildman–Crippen LogP) is 2.89. The molecule has 0 spiro atoms. The van der Waals surface area contributed by atoms with Crippen molar-refractivity contribution < 1.29 is 18.0 Å². The number of nitrogens with two attached hydrogens (primary N) is 1. The number of carbonyl (C=O) groups is 1. The van der Waals surface area contributed by atoms with Crippen LogP contribution in [0.2, 0.25) is 0 Å². The van der Waals surface area contributed by atoms with E-state index in [-0.39, 0.29) is 12.1 Å². The minimum atomic E-state index is -4.46. The molecule has 0 saturated heterocycles. The van der Waals surface area contributed by atoms with Crippen molar-refractivity contribution in [2.75, 3.05) is 5.73 Å². The first kappa shape index (κ1) is 12.3. The third-order valence-electron chi connectivity index (χ3n) is 1.93. The lowest BCUT2D eigenvalue weighted by Crippen LogP contribution is -2.08. The van der Waals surface area contributed by atoms with Gasteiger partial charge in [0.05, 0.1) is 5.56 Å². The van der Waals surface area contributed by atoms with Crippen molar-refractivity contribution >= 4 is 18.0 Å². The Morgan fingerprint density at radius 3 is 2.56 bits per heavy atom. The molecule has 0 heterocycles. The van der Waals surface area contributed by atoms with Crippen molar-refractivity contribution in [2.24, 2.45) is 0 Å². The molecule has 0 atom stereocenters. The van der Waals surface area contributed by atoms with Crippen molar-refractivity contribution in [1.29, 1.82) is 0 Å². The van der Waals surface area contributed by atoms with Crippen molar-refractivity contribution in [3.05, 3.63) is 35.4 Å². The van der Waals surface area contributed by atoms with E-state index >= 15 is 0 Å². The molecular weight excluding hydrogens is 219 g/mol. The van der Waals surface area contributed by atoms with Gasteiger partial charge in [0.25, 0.3) is 0 Å². The predicted molar refractivity (Wildman–Crippen MR) is 55.6 cm³/mol. The van der Waals surface area contributed by atoms with Gasteiger partial charge in [-0.05, 0) is 17.7 Å². The number of nitrogen functional groups attached to an aromatic ring is 1. The van der Waals surface area contributed by atoms with E-state index in [9.17, 15) is 18.0 Å². The van der Waals surface area contributed by atoms with E-state index < -0.39 is 11.7 Å². The van der Waals surface area contributed by atoms with Crippen LogP contribution >= 0.6 is 0 Å². The molecule has 0 amide bonds. The van der Waals surface area contributed by atoms with E-state index in [1.807, 2.05) is 0 Å². The van der Waals surface area contributed by atoms with Gasteiger partial charge < -0.3 is 10.5 Å². The van der Waals surface area contributed by atoms with Crippen molar-refractivity contribution in [3.8, 4) is 0 Å². The molecule has 1 aromatic carbocycles. The molecule has 0 fully saturated rings. The van der Waals surface area contributed by atoms with Gasteiger partial charge in [0.1, 0.15) is 6.29 Å². The van der Waals surface area contributed by atoms with E-state index in [0.29, 0.717) is 11.8 Å². The summed E-state index contributed by atoms with van der Waals surface area (Å²) in [5, 5.41) is 0. The Hall–Kier alpha value is -1.78. The van der Waals surface area contributed by atoms with Crippen LogP contribution in [0.5, 0.6) is 0 Å². The Bertz CT molecular complexity index is 410. The summed E-state index contributed by atoms with van der Waals surface area (Å²) in [6.45, 7) is 0. The highest BCUT2D eigenvalue weighted by Crippen LogP contribution is 2.34. The maximum absolute atomic E-state index is 12.5. The summed E-state index contributed by atoms with van der Waals surface area (Å²) in [5.74, 6) is 0. The molecule has 2 nitrogen and oxygen atoms in total. The number of aldehydes is 1. The number of alkyl halides is 3. The van der Waals surface area contributed by atoms with E-state index in [1.165, 1.54) is 24.3 Å². The van der Waals surface area contributed by atoms with Gasteiger partial charge in [-0.3, -0.25) is 0 Å². The average molecular weight is 229 g/mol. The molecule has 86 valence electrons. The Kier molecular flexibility index (Phi) is 3.71. The first-order valence-electron chi connectivity index (χ1n) is 4.52. The van der Waals surface area contributed by atoms with E-state index in [2.05, 4.69) is 0 Å². The summed E-state index contributed by atoms with van der Waals surface area (Å²) in [5.41, 5.74) is 4.43. The minimum absolute atomic E-state index is 0.172. The van der Waals surface area contributed by atoms with Crippen LogP contribution in [0, 0.1) is 0 Å². The second kappa shape index (κ2) is 4.83. The molecule has 0 aromatic heterocycles. The molecule has 2 N–H and O–H groups in total. The van der Waals surface area contributed by atoms with Crippen LogP contribution in [0.15, 0.2) is 24.3 Å². The van der Waals surface area contributed by atoms with Gasteiger partial charge in [-0.1, -0.05) is 18.2 Å². The molecule has 0 unspecified atom stereocenters. The fourth-order valence-electron chi connectivity index (χ4n) is 1.18. The zero-order valence-corrected chi connectivity index (χ0v) is 8.29. The topological polar surface area (TPSA) is 43.1 Å². The lowest BCUT2D eigenvalue weighted by Gasteiger charge is -2.10. The van der Waals surface area contributed by atoms with Crippen LogP contribution in [0.1, 0.15) is 17.5 Å². The Balaban J connectivity index is 3.03. The zero-order chi connectivity index (χ0) is 12.2. The third kappa shape index (κ3) is 3.12. The normalized spacial score (nSPS) is 11.9. The Morgan fingerprint density at radius 2 is 2.00 bits per heavy atom. The maximum atomic E-state index is 12.5. The summed E-state index contributed by atoms with van der Waals surface area (Å²) < 4.78 is 37.4. The molecular formula is C11H10F3NO. The summed E-state index contributed by atoms with van der Waals surface area (Å²) in [7, 11) is 0. The monoisotopic (exact) mass is 229 g/mol. The van der Waals surface area contributed by atoms with Crippen molar-refractivity contribution in [3.63, 3.8) is 0 Å². The highest BCUT2D eigenvalue weighted by Gasteiger charge is 2.32. The largest absolute Gasteiger partial charge is 0.418 e. The average Bonchev–Trinajstić information content (AvgIpc) is 2.19. The fourth-order valence-corrected chi connectivity index (χ4v) is 1.18. The van der Waals surface area contributed by atoms with E-state index in [4.69, 9.17) is 5.73 Å². The molecule has 0 bridgehead atoms. The van der Waals surface area contributed by atoms with E-state index in [1.54, 1.807) is 0 Å². The number of benzene rings is 1. The highest BCUT2D eigenvalue weighted by atomic mass is 19.4. The van der Waals surface area contributed by atoms with Gasteiger partial charge in [-0.2, -0.15) is 13.2 Å². The summed E-state index contributed by atoms with van der Waals surface area (Å²) in [6, 6.07) is 3.62. The molecule has 0 aliphatic heterocycles. The van der Waals surface area contributed by atoms with Crippen molar-refractivity contribution in [1.82, 2.24) is 0 Å². The lowest BCUT2D eigenvalue weighted by atomic mass is 10.1. The summed E-state index contributed by atoms with van der Waals surface area (Å²) in [6.07, 6.45) is -0.690. The molecule has 0 aliphatic rings. The molecule has 16 heavy (non-hydrogen) atoms. The second-order valence-electron chi connectivity index (χ2n) is 3.15. The summed E-state index contributed by atoms with van der Waals surface area (Å²) >= 11 is 0. The third-order valence-corrected chi connectivity index (χ3v) is 1.93. The number of rotatable bonds is 3. The van der Waals surface area contributed by atoms with Gasteiger partial charge >= 0.3 is 6.18 Å². The SMILES string of the molecule is Nc1ccc(C=CCC=O)cc1C(F)(F)F. The molecule has 5 heteroatoms. The number of allylic oxidation sites excluding steroid dienone is 1. The van der Waals surface area contributed by atoms with Gasteiger partial charge in [-0.15, -0.1) is 0 Å². The number of hydrogen-bond donors (Lipinski definition) is 1. The van der Waals surface area contributed by atoms with Crippen LogP contribution in [-0.2, 0) is 11.0 Å². The molecule has 0 aliphatic carbocycles. The van der Waals surface area contributed by atoms with Gasteiger partial charge in [0.15, 0.2) is 0 Å². The minimum Gasteiger partial charge on any atom is -0.398 e. The lowest BCUT2D eigenvalue weighted by molar-refractivity contribution is -0.136. The Labute approximate surface area is 90.6 Å². The number of halogens is 3. The van der Waals surface area contributed by atoms with Gasteiger partial charge in [0.2, 0.25) is 0 Å². The number of anilines is 1. The number of hydrogen-bond acceptors (Lipinski definition) is 2. The molecule has 0 saturated carbocycles. The van der Waals surface area contributed by atoms with Crippen LogP contribution in [0.4, 0.5) is 18.9 Å². The first-order chi connectivity index (χ1) is 7.45. The van der Waals surface area contributed by atoms with Crippen LogP contribution in [-0.4, -0.2) is 6.29 Å².